The summed E-state index contributed by atoms with van der Waals surface area (Å²) in [5.41, 5.74) is 3.44. The zero-order valence-corrected chi connectivity index (χ0v) is 20.8. The molecule has 4 aromatic rings. The Morgan fingerprint density at radius 3 is 2.64 bits per heavy atom. The molecule has 1 N–H and O–H groups in total. The minimum Gasteiger partial charge on any atom is -0.326 e. The average Bonchev–Trinajstić information content (AvgIpc) is 3.17. The Kier molecular flexibility index (Phi) is 6.49. The van der Waals surface area contributed by atoms with Crippen LogP contribution in [0.4, 0.5) is 11.4 Å². The number of hydrogen-bond donors (Lipinski definition) is 1. The fourth-order valence-corrected chi connectivity index (χ4v) is 5.97. The number of halogens is 2. The summed E-state index contributed by atoms with van der Waals surface area (Å²) in [5.74, 6) is 0. The summed E-state index contributed by atoms with van der Waals surface area (Å²) in [6.07, 6.45) is 1.80. The number of pyridine rings is 1. The third-order valence-corrected chi connectivity index (χ3v) is 8.60. The Hall–Kier alpha value is -2.29. The Morgan fingerprint density at radius 2 is 1.85 bits per heavy atom. The maximum atomic E-state index is 12.4. The van der Waals surface area contributed by atoms with E-state index in [1.165, 1.54) is 11.9 Å². The number of fused-ring (bicyclic) bond motifs is 1. The number of hydrogen-bond acceptors (Lipinski definition) is 4. The van der Waals surface area contributed by atoms with E-state index in [2.05, 4.69) is 21.8 Å². The van der Waals surface area contributed by atoms with E-state index in [-0.39, 0.29) is 0 Å². The summed E-state index contributed by atoms with van der Waals surface area (Å²) in [6.45, 7) is 1.46. The molecule has 0 bridgehead atoms. The van der Waals surface area contributed by atoms with E-state index in [0.29, 0.717) is 16.6 Å². The van der Waals surface area contributed by atoms with Gasteiger partial charge in [-0.1, -0.05) is 47.5 Å². The molecule has 2 heterocycles. The van der Waals surface area contributed by atoms with E-state index in [1.807, 2.05) is 66.0 Å². The van der Waals surface area contributed by atoms with Gasteiger partial charge < -0.3 is 4.72 Å². The van der Waals surface area contributed by atoms with Crippen LogP contribution >= 0.6 is 35.1 Å². The second kappa shape index (κ2) is 9.52. The molecule has 9 heteroatoms. The molecule has 0 radical (unpaired) electrons. The number of anilines is 2. The first-order valence-corrected chi connectivity index (χ1v) is 12.9. The van der Waals surface area contributed by atoms with Gasteiger partial charge in [0.1, 0.15) is 0 Å². The first-order chi connectivity index (χ1) is 16.0. The van der Waals surface area contributed by atoms with E-state index in [1.54, 1.807) is 10.5 Å². The summed E-state index contributed by atoms with van der Waals surface area (Å²) in [4.78, 5) is 5.47. The lowest BCUT2D eigenvalue weighted by atomic mass is 10.0. The van der Waals surface area contributed by atoms with E-state index in [9.17, 15) is 4.21 Å². The fourth-order valence-electron chi connectivity index (χ4n) is 3.72. The van der Waals surface area contributed by atoms with E-state index >= 15 is 0 Å². The fraction of sp³-hybridized carbons (Fsp3) is 0.125. The number of likely N-dealkylation sites (N-methyl/N-ethyl adjacent to an activating group) is 1. The Morgan fingerprint density at radius 1 is 1.00 bits per heavy atom. The summed E-state index contributed by atoms with van der Waals surface area (Å²) in [6, 6.07) is 21.6. The van der Waals surface area contributed by atoms with Gasteiger partial charge in [-0.25, -0.2) is 8.51 Å². The Bertz CT molecular complexity index is 1360. The molecule has 1 aromatic heterocycles. The molecule has 1 aliphatic heterocycles. The van der Waals surface area contributed by atoms with Crippen molar-refractivity contribution in [1.29, 1.82) is 0 Å². The summed E-state index contributed by atoms with van der Waals surface area (Å²) < 4.78 is 19.4. The van der Waals surface area contributed by atoms with E-state index in [4.69, 9.17) is 23.2 Å². The van der Waals surface area contributed by atoms with Crippen LogP contribution in [0.25, 0.3) is 22.0 Å². The highest BCUT2D eigenvalue weighted by molar-refractivity contribution is 8.00. The maximum Gasteiger partial charge on any atom is 0.198 e. The molecule has 1 unspecified atom stereocenters. The molecule has 1 fully saturated rings. The van der Waals surface area contributed by atoms with Crippen LogP contribution in [0.5, 0.6) is 0 Å². The molecule has 3 aromatic carbocycles. The van der Waals surface area contributed by atoms with Crippen LogP contribution < -0.4 is 9.03 Å². The van der Waals surface area contributed by atoms with Crippen molar-refractivity contribution in [3.05, 3.63) is 83.0 Å². The lowest BCUT2D eigenvalue weighted by Gasteiger charge is -2.17. The summed E-state index contributed by atoms with van der Waals surface area (Å²) in [5, 5.41) is 3.40. The Balaban J connectivity index is 1.37. The van der Waals surface area contributed by atoms with Crippen molar-refractivity contribution >= 4 is 68.5 Å². The maximum absolute atomic E-state index is 12.4. The molecule has 1 aliphatic rings. The molecule has 168 valence electrons. The molecule has 0 saturated carbocycles. The quantitative estimate of drug-likeness (QED) is 0.302. The molecule has 33 heavy (non-hydrogen) atoms. The minimum absolute atomic E-state index is 0.599. The predicted octanol–water partition coefficient (Wildman–Crippen LogP) is 6.66. The van der Waals surface area contributed by atoms with Crippen molar-refractivity contribution in [2.45, 2.75) is 4.90 Å². The smallest absolute Gasteiger partial charge is 0.198 e. The first-order valence-electron chi connectivity index (χ1n) is 10.3. The molecular weight excluding hydrogens is 495 g/mol. The molecule has 5 nitrogen and oxygen atoms in total. The third-order valence-electron chi connectivity index (χ3n) is 5.45. The van der Waals surface area contributed by atoms with Crippen molar-refractivity contribution < 1.29 is 4.21 Å². The molecule has 0 spiro atoms. The van der Waals surface area contributed by atoms with Gasteiger partial charge >= 0.3 is 0 Å². The number of aromatic nitrogens is 1. The van der Waals surface area contributed by atoms with Gasteiger partial charge in [0, 0.05) is 47.9 Å². The van der Waals surface area contributed by atoms with Gasteiger partial charge in [-0.05, 0) is 59.8 Å². The summed E-state index contributed by atoms with van der Waals surface area (Å²) >= 11 is 13.3. The number of benzene rings is 3. The highest BCUT2D eigenvalue weighted by Gasteiger charge is 2.26. The molecule has 1 saturated heterocycles. The van der Waals surface area contributed by atoms with Crippen LogP contribution in [0.15, 0.2) is 77.8 Å². The van der Waals surface area contributed by atoms with Gasteiger partial charge in [0.05, 0.1) is 21.4 Å². The summed E-state index contributed by atoms with van der Waals surface area (Å²) in [7, 11) is 1.85. The van der Waals surface area contributed by atoms with Crippen molar-refractivity contribution in [2.75, 3.05) is 29.2 Å². The van der Waals surface area contributed by atoms with Crippen molar-refractivity contribution in [3.8, 4) is 11.3 Å². The van der Waals surface area contributed by atoms with Gasteiger partial charge in [0.15, 0.2) is 11.2 Å². The van der Waals surface area contributed by atoms with Gasteiger partial charge in [0.25, 0.3) is 0 Å². The van der Waals surface area contributed by atoms with Crippen LogP contribution in [-0.2, 0) is 11.2 Å². The molecule has 5 rings (SSSR count). The SMILES string of the molecule is CN1CCN(c2ccc(SNc3ccc(Cl)c(-c4nccc5ccccc45)c3)c(Cl)c2)S1=O. The third kappa shape index (κ3) is 4.56. The lowest BCUT2D eigenvalue weighted by molar-refractivity contribution is 0.571. The standard InChI is InChI=1S/C24H20Cl2N4OS2/c1-29-12-13-30(33(29)31)18-7-9-23(22(26)15-18)32-28-17-6-8-21(25)20(14-17)24-19-5-3-2-4-16(19)10-11-27-24/h2-11,14-15,28H,12-13H2,1H3. The highest BCUT2D eigenvalue weighted by Crippen LogP contribution is 2.37. The van der Waals surface area contributed by atoms with E-state index in [0.717, 1.165) is 44.8 Å². The zero-order valence-electron chi connectivity index (χ0n) is 17.7. The van der Waals surface area contributed by atoms with Crippen molar-refractivity contribution in [3.63, 3.8) is 0 Å². The normalized spacial score (nSPS) is 16.5. The monoisotopic (exact) mass is 514 g/mol. The topological polar surface area (TPSA) is 48.5 Å². The van der Waals surface area contributed by atoms with Crippen LogP contribution in [0.2, 0.25) is 10.0 Å². The zero-order chi connectivity index (χ0) is 22.9. The second-order valence-electron chi connectivity index (χ2n) is 7.58. The molecule has 1 atom stereocenters. The highest BCUT2D eigenvalue weighted by atomic mass is 35.5. The first kappa shape index (κ1) is 22.5. The van der Waals surface area contributed by atoms with Crippen LogP contribution in [0.1, 0.15) is 0 Å². The van der Waals surface area contributed by atoms with Crippen LogP contribution in [-0.4, -0.2) is 33.6 Å². The van der Waals surface area contributed by atoms with Gasteiger partial charge in [-0.15, -0.1) is 0 Å². The van der Waals surface area contributed by atoms with Gasteiger partial charge in [-0.2, -0.15) is 0 Å². The minimum atomic E-state index is -1.17. The molecule has 0 amide bonds. The van der Waals surface area contributed by atoms with Gasteiger partial charge in [-0.3, -0.25) is 9.29 Å². The molecular formula is C24H20Cl2N4OS2. The molecule has 0 aliphatic carbocycles. The number of nitrogens with zero attached hydrogens (tertiary/aromatic N) is 3. The number of rotatable bonds is 5. The van der Waals surface area contributed by atoms with Gasteiger partial charge in [0.2, 0.25) is 0 Å². The van der Waals surface area contributed by atoms with Crippen molar-refractivity contribution in [2.24, 2.45) is 0 Å². The van der Waals surface area contributed by atoms with Crippen LogP contribution in [0.3, 0.4) is 0 Å². The average molecular weight is 515 g/mol. The largest absolute Gasteiger partial charge is 0.326 e. The van der Waals surface area contributed by atoms with Crippen LogP contribution in [0, 0.1) is 0 Å². The lowest BCUT2D eigenvalue weighted by Crippen LogP contribution is -2.23. The van der Waals surface area contributed by atoms with Crippen molar-refractivity contribution in [1.82, 2.24) is 9.29 Å². The second-order valence-corrected chi connectivity index (χ2v) is 10.8. The Labute approximate surface area is 209 Å². The number of nitrogens with one attached hydrogen (secondary N) is 1. The predicted molar refractivity (Wildman–Crippen MR) is 141 cm³/mol. The van der Waals surface area contributed by atoms with E-state index < -0.39 is 11.2 Å².